The summed E-state index contributed by atoms with van der Waals surface area (Å²) in [6.07, 6.45) is 19.3. The molecule has 0 aromatic rings. The zero-order chi connectivity index (χ0) is 32.5. The van der Waals surface area contributed by atoms with Gasteiger partial charge in [0.25, 0.3) is 0 Å². The summed E-state index contributed by atoms with van der Waals surface area (Å²) in [4.78, 5) is 57.4. The van der Waals surface area contributed by atoms with E-state index in [-0.39, 0.29) is 25.0 Å². The molecule has 0 aliphatic rings. The van der Waals surface area contributed by atoms with Crippen LogP contribution in [0.4, 0.5) is 0 Å². The average Bonchev–Trinajstić information content (AvgIpc) is 2.95. The summed E-state index contributed by atoms with van der Waals surface area (Å²) in [6, 6.07) is -2.35. The Morgan fingerprint density at radius 2 is 1.58 bits per heavy atom. The largest absolute Gasteiger partial charge is 0.481 e. The van der Waals surface area contributed by atoms with Crippen LogP contribution in [0.1, 0.15) is 71.1 Å². The zero-order valence-electron chi connectivity index (χ0n) is 24.7. The molecule has 242 valence electrons. The monoisotopic (exact) mass is 625 g/mol. The minimum atomic E-state index is -1.25. The van der Waals surface area contributed by atoms with Gasteiger partial charge in [0.2, 0.25) is 11.8 Å². The summed E-state index contributed by atoms with van der Waals surface area (Å²) in [5, 5.41) is 41.7. The molecular weight excluding hydrogens is 578 g/mol. The van der Waals surface area contributed by atoms with Crippen LogP contribution in [0.15, 0.2) is 48.6 Å². The molecule has 8 N–H and O–H groups in total. The molecule has 0 radical (unpaired) electrons. The van der Waals surface area contributed by atoms with Gasteiger partial charge >= 0.3 is 17.9 Å². The van der Waals surface area contributed by atoms with Crippen LogP contribution >= 0.6 is 11.8 Å². The number of amides is 2. The van der Waals surface area contributed by atoms with Crippen molar-refractivity contribution < 1.29 is 44.4 Å². The molecule has 0 aliphatic carbocycles. The molecule has 0 saturated heterocycles. The quantitative estimate of drug-likeness (QED) is 0.0444. The number of carbonyl (C=O) groups is 5. The van der Waals surface area contributed by atoms with Gasteiger partial charge in [-0.15, -0.1) is 11.8 Å². The van der Waals surface area contributed by atoms with Crippen molar-refractivity contribution >= 4 is 41.5 Å². The highest BCUT2D eigenvalue weighted by atomic mass is 32.2. The van der Waals surface area contributed by atoms with E-state index in [9.17, 15) is 29.1 Å². The van der Waals surface area contributed by atoms with Gasteiger partial charge in [-0.25, -0.2) is 0 Å². The van der Waals surface area contributed by atoms with E-state index in [0.717, 1.165) is 19.3 Å². The van der Waals surface area contributed by atoms with Crippen LogP contribution < -0.4 is 16.4 Å². The third-order valence-electron chi connectivity index (χ3n) is 5.97. The summed E-state index contributed by atoms with van der Waals surface area (Å²) in [7, 11) is 0. The van der Waals surface area contributed by atoms with E-state index in [2.05, 4.69) is 17.6 Å². The molecule has 13 heteroatoms. The molecule has 43 heavy (non-hydrogen) atoms. The first-order valence-corrected chi connectivity index (χ1v) is 15.5. The van der Waals surface area contributed by atoms with E-state index in [0.29, 0.717) is 25.7 Å². The van der Waals surface area contributed by atoms with Crippen LogP contribution in [0, 0.1) is 0 Å². The molecule has 0 aromatic heterocycles. The lowest BCUT2D eigenvalue weighted by Gasteiger charge is -2.23. The number of nitrogens with one attached hydrogen (secondary N) is 2. The van der Waals surface area contributed by atoms with Crippen LogP contribution in [0.5, 0.6) is 0 Å². The van der Waals surface area contributed by atoms with E-state index >= 15 is 0 Å². The Morgan fingerprint density at radius 1 is 0.860 bits per heavy atom. The second kappa shape index (κ2) is 25.1. The van der Waals surface area contributed by atoms with Crippen molar-refractivity contribution in [1.29, 1.82) is 0 Å². The Morgan fingerprint density at radius 3 is 2.23 bits per heavy atom. The number of carboxylic acid groups (broad SMARTS) is 3. The van der Waals surface area contributed by atoms with E-state index < -0.39 is 59.7 Å². The summed E-state index contributed by atoms with van der Waals surface area (Å²) >= 11 is 1.24. The van der Waals surface area contributed by atoms with Crippen LogP contribution in [0.25, 0.3) is 0 Å². The van der Waals surface area contributed by atoms with Gasteiger partial charge in [0.1, 0.15) is 18.6 Å². The number of carboxylic acids is 3. The molecule has 4 atom stereocenters. The fourth-order valence-electron chi connectivity index (χ4n) is 3.54. The highest BCUT2D eigenvalue weighted by Crippen LogP contribution is 2.22. The number of aliphatic hydroxyl groups excluding tert-OH is 1. The predicted molar refractivity (Wildman–Crippen MR) is 166 cm³/mol. The van der Waals surface area contributed by atoms with Crippen molar-refractivity contribution in [3.05, 3.63) is 48.6 Å². The minimum Gasteiger partial charge on any atom is -0.481 e. The molecular formula is C30H47N3O9S. The average molecular weight is 626 g/mol. The molecule has 12 nitrogen and oxygen atoms in total. The molecule has 0 bridgehead atoms. The van der Waals surface area contributed by atoms with E-state index in [1.54, 1.807) is 18.2 Å². The van der Waals surface area contributed by atoms with Gasteiger partial charge in [0.15, 0.2) is 0 Å². The van der Waals surface area contributed by atoms with Gasteiger partial charge < -0.3 is 36.8 Å². The molecule has 0 aliphatic heterocycles. The van der Waals surface area contributed by atoms with Crippen LogP contribution in [0.3, 0.4) is 0 Å². The molecule has 4 unspecified atom stereocenters. The minimum absolute atomic E-state index is 0.0322. The number of nitrogens with two attached hydrogens (primary N) is 1. The summed E-state index contributed by atoms with van der Waals surface area (Å²) in [5.41, 5.74) is 5.45. The maximum atomic E-state index is 12.7. The predicted octanol–water partition coefficient (Wildman–Crippen LogP) is 2.78. The Balaban J connectivity index is 5.28. The second-order valence-corrected chi connectivity index (χ2v) is 11.0. The first-order valence-electron chi connectivity index (χ1n) is 14.4. The lowest BCUT2D eigenvalue weighted by atomic mass is 10.1. The van der Waals surface area contributed by atoms with Gasteiger partial charge in [-0.3, -0.25) is 24.0 Å². The first-order chi connectivity index (χ1) is 20.5. The van der Waals surface area contributed by atoms with Crippen molar-refractivity contribution in [3.63, 3.8) is 0 Å². The number of hydrogen-bond donors (Lipinski definition) is 7. The number of thioether (sulfide) groups is 1. The Bertz CT molecular complexity index is 982. The molecule has 0 rings (SSSR count). The normalized spacial score (nSPS) is 14.7. The lowest BCUT2D eigenvalue weighted by molar-refractivity contribution is -0.139. The van der Waals surface area contributed by atoms with Crippen molar-refractivity contribution in [2.24, 2.45) is 5.73 Å². The van der Waals surface area contributed by atoms with E-state index in [1.165, 1.54) is 11.8 Å². The van der Waals surface area contributed by atoms with Gasteiger partial charge in [-0.2, -0.15) is 0 Å². The van der Waals surface area contributed by atoms with Crippen molar-refractivity contribution in [3.8, 4) is 0 Å². The lowest BCUT2D eigenvalue weighted by Crippen LogP contribution is -2.50. The maximum Gasteiger partial charge on any atom is 0.322 e. The molecule has 0 aromatic carbocycles. The van der Waals surface area contributed by atoms with E-state index in [4.69, 9.17) is 21.1 Å². The molecule has 0 spiro atoms. The first kappa shape index (κ1) is 39.6. The topological polar surface area (TPSA) is 216 Å². The number of allylic oxidation sites excluding steroid dienone is 7. The number of hydrogen-bond acceptors (Lipinski definition) is 8. The third-order valence-corrected chi connectivity index (χ3v) is 7.36. The highest BCUT2D eigenvalue weighted by Gasteiger charge is 2.25. The van der Waals surface area contributed by atoms with Gasteiger partial charge in [0.05, 0.1) is 6.10 Å². The van der Waals surface area contributed by atoms with Crippen molar-refractivity contribution in [1.82, 2.24) is 10.6 Å². The SMILES string of the molecule is CCCCCC(O)C(C=CC=CC=CCC=CCCCC(=O)O)SCC(NC(=O)CCC(N)C(=O)O)C(=O)NCC(=O)O. The van der Waals surface area contributed by atoms with E-state index in [1.807, 2.05) is 30.4 Å². The molecule has 2 amide bonds. The Labute approximate surface area is 257 Å². The van der Waals surface area contributed by atoms with Crippen molar-refractivity contribution in [2.45, 2.75) is 94.6 Å². The van der Waals surface area contributed by atoms with Crippen LogP contribution in [-0.4, -0.2) is 85.9 Å². The van der Waals surface area contributed by atoms with Crippen LogP contribution in [-0.2, 0) is 24.0 Å². The highest BCUT2D eigenvalue weighted by molar-refractivity contribution is 8.00. The number of aliphatic hydroxyl groups is 1. The second-order valence-electron chi connectivity index (χ2n) is 9.77. The fraction of sp³-hybridized carbons (Fsp3) is 0.567. The molecule has 0 heterocycles. The Hall–Kier alpha value is -3.42. The maximum absolute atomic E-state index is 12.7. The number of unbranched alkanes of at least 4 members (excludes halogenated alkanes) is 3. The summed E-state index contributed by atoms with van der Waals surface area (Å²) in [6.45, 7) is 1.42. The van der Waals surface area contributed by atoms with Crippen LogP contribution in [0.2, 0.25) is 0 Å². The number of carbonyl (C=O) groups excluding carboxylic acids is 2. The zero-order valence-corrected chi connectivity index (χ0v) is 25.5. The smallest absolute Gasteiger partial charge is 0.322 e. The van der Waals surface area contributed by atoms with Gasteiger partial charge in [-0.05, 0) is 32.1 Å². The molecule has 0 saturated carbocycles. The molecule has 0 fully saturated rings. The fourth-order valence-corrected chi connectivity index (χ4v) is 4.75. The van der Waals surface area contributed by atoms with Gasteiger partial charge in [0, 0.05) is 23.8 Å². The van der Waals surface area contributed by atoms with Crippen molar-refractivity contribution in [2.75, 3.05) is 12.3 Å². The number of aliphatic carboxylic acids is 3. The third kappa shape index (κ3) is 22.8. The summed E-state index contributed by atoms with van der Waals surface area (Å²) in [5.74, 6) is -4.59. The van der Waals surface area contributed by atoms with Gasteiger partial charge in [-0.1, -0.05) is 74.8 Å². The standard InChI is InChI=1S/C30H47N3O9S/c1-2-3-12-15-24(34)25(16-13-10-8-6-4-5-7-9-11-14-17-27(36)37)43-21-23(29(40)32-20-28(38)39)33-26(35)19-18-22(31)30(41)42/h4,6-10,13,16,22-25,34H,2-3,5,11-12,14-15,17-21,31H2,1H3,(H,32,40)(H,33,35)(H,36,37)(H,38,39)(H,41,42). The Kier molecular flexibility index (Phi) is 23.1. The number of rotatable bonds is 25. The summed E-state index contributed by atoms with van der Waals surface area (Å²) < 4.78 is 0.